The predicted molar refractivity (Wildman–Crippen MR) is 352 cm³/mol. The number of amides is 14. The van der Waals surface area contributed by atoms with E-state index in [9.17, 15) is 112 Å². The van der Waals surface area contributed by atoms with E-state index in [1.165, 1.54) is 18.7 Å². The molecule has 15 atom stereocenters. The van der Waals surface area contributed by atoms with Gasteiger partial charge in [0.15, 0.2) is 0 Å². The van der Waals surface area contributed by atoms with E-state index in [-0.39, 0.29) is 31.7 Å². The van der Waals surface area contributed by atoms with E-state index in [1.807, 2.05) is 0 Å². The predicted octanol–water partition coefficient (Wildman–Crippen LogP) is -6.85. The summed E-state index contributed by atoms with van der Waals surface area (Å²) in [5.74, 6) is -20.6. The summed E-state index contributed by atoms with van der Waals surface area (Å²) in [5.41, 5.74) is 5.54. The smallest absolute Gasteiger partial charge is 0.328 e. The highest BCUT2D eigenvalue weighted by Gasteiger charge is 2.42. The molecule has 0 bridgehead atoms. The van der Waals surface area contributed by atoms with Crippen molar-refractivity contribution in [3.05, 3.63) is 0 Å². The van der Waals surface area contributed by atoms with Crippen LogP contribution in [-0.2, 0) is 81.5 Å². The van der Waals surface area contributed by atoms with Gasteiger partial charge in [-0.3, -0.25) is 76.7 Å². The van der Waals surface area contributed by atoms with Crippen molar-refractivity contribution in [2.24, 2.45) is 35.3 Å². The summed E-state index contributed by atoms with van der Waals surface area (Å²) in [5, 5.41) is 89.2. The van der Waals surface area contributed by atoms with Crippen LogP contribution in [0.5, 0.6) is 0 Å². The Morgan fingerprint density at radius 3 is 1.30 bits per heavy atom. The van der Waals surface area contributed by atoms with Crippen LogP contribution < -0.4 is 74.9 Å². The molecule has 1 aliphatic heterocycles. The zero-order valence-electron chi connectivity index (χ0n) is 58.6. The molecule has 14 amide bonds. The van der Waals surface area contributed by atoms with Gasteiger partial charge < -0.3 is 110 Å². The molecule has 38 heteroatoms. The maximum absolute atomic E-state index is 14.1. The average molecular weight is 1430 g/mol. The molecule has 0 aromatic heterocycles. The lowest BCUT2D eigenvalue weighted by molar-refractivity contribution is -0.145. The standard InChI is InChI=1S/C62H105N15O23/c1-13-31(9)48(75-56(93)38(25-78)67-42(81)23-65-58(95)46(29(5)6)74-51(88)34(12)66-50(87)33(11)63)59(96)70-37(22-28(3)4)54(91)71-39(26-79)55(92)69-36(18-20-45(85)86)53(90)68-35(17-19-44(83)84)52(89)64-24-43(82)73-47(30(7)8)61(98)77-21-15-16-41(77)57(94)76-49(32(10)14-2)60(97)72-40(27-80)62(99)100/h28-41,46-49,78-80H,13-27,63H2,1-12H3,(H,64,89)(H,65,95)(H,66,87)(H,67,81)(H,68,90)(H,69,92)(H,70,96)(H,71,91)(H,72,97)(H,73,82)(H,74,88)(H,75,93)(H,76,94)(H,83,84)(H,85,86)(H,99,100)/t31-,32-,33-,34-,35-,36-,37-,38-,39-,40-,41-,46-,47-,48-,49-/m0/s1. The summed E-state index contributed by atoms with van der Waals surface area (Å²) < 4.78 is 0. The maximum Gasteiger partial charge on any atom is 0.328 e. The van der Waals surface area contributed by atoms with Gasteiger partial charge in [0, 0.05) is 19.4 Å². The van der Waals surface area contributed by atoms with Crippen molar-refractivity contribution in [2.75, 3.05) is 39.5 Å². The molecular weight excluding hydrogens is 1320 g/mol. The minimum atomic E-state index is -1.94. The van der Waals surface area contributed by atoms with E-state index in [4.69, 9.17) is 5.73 Å². The van der Waals surface area contributed by atoms with Crippen molar-refractivity contribution in [1.29, 1.82) is 0 Å². The normalized spacial score (nSPS) is 16.9. The highest BCUT2D eigenvalue weighted by atomic mass is 16.4. The van der Waals surface area contributed by atoms with Crippen LogP contribution in [0.1, 0.15) is 141 Å². The van der Waals surface area contributed by atoms with Gasteiger partial charge in [-0.1, -0.05) is 82.1 Å². The van der Waals surface area contributed by atoms with Gasteiger partial charge in [-0.15, -0.1) is 0 Å². The largest absolute Gasteiger partial charge is 0.481 e. The molecule has 0 aromatic rings. The molecule has 21 N–H and O–H groups in total. The van der Waals surface area contributed by atoms with E-state index < -0.39 is 261 Å². The Morgan fingerprint density at radius 1 is 0.430 bits per heavy atom. The highest BCUT2D eigenvalue weighted by molar-refractivity contribution is 6.00. The molecule has 38 nitrogen and oxygen atoms in total. The van der Waals surface area contributed by atoms with Crippen molar-refractivity contribution in [2.45, 2.75) is 219 Å². The van der Waals surface area contributed by atoms with Crippen LogP contribution in [-0.4, -0.2) is 254 Å². The molecule has 0 radical (unpaired) electrons. The van der Waals surface area contributed by atoms with Gasteiger partial charge in [0.1, 0.15) is 72.5 Å². The van der Waals surface area contributed by atoms with Gasteiger partial charge in [0.2, 0.25) is 82.7 Å². The minimum Gasteiger partial charge on any atom is -0.481 e. The SMILES string of the molecule is CC[C@H](C)[C@H](NC(=O)[C@H](CO)NC(=O)CNC(=O)[C@@H](NC(=O)[C@H](C)NC(=O)[C@H](C)N)C(C)C)C(=O)N[C@@H](CC(C)C)C(=O)N[C@@H](CO)C(=O)N[C@@H](CCC(=O)O)C(=O)N[C@@H](CCC(=O)O)C(=O)NCC(=O)N[C@H](C(=O)N1CCC[C@H]1C(=O)N[C@H](C(=O)N[C@@H](CO)C(=O)O)[C@@H](C)CC)C(C)C. The first-order valence-electron chi connectivity index (χ1n) is 33.1. The first kappa shape index (κ1) is 88.8. The Hall–Kier alpha value is -9.17. The molecule has 1 fully saturated rings. The number of carbonyl (C=O) groups is 17. The molecule has 1 rings (SSSR count). The van der Waals surface area contributed by atoms with E-state index in [1.54, 1.807) is 69.2 Å². The molecule has 1 saturated heterocycles. The summed E-state index contributed by atoms with van der Waals surface area (Å²) in [6, 6.07) is -18.9. The number of aliphatic carboxylic acids is 3. The fourth-order valence-corrected chi connectivity index (χ4v) is 9.85. The van der Waals surface area contributed by atoms with Crippen LogP contribution in [0.3, 0.4) is 0 Å². The molecule has 0 saturated carbocycles. The minimum absolute atomic E-state index is 0.0410. The van der Waals surface area contributed by atoms with Crippen molar-refractivity contribution in [3.63, 3.8) is 0 Å². The number of hydrogen-bond acceptors (Lipinski definition) is 21. The summed E-state index contributed by atoms with van der Waals surface area (Å²) in [7, 11) is 0. The van der Waals surface area contributed by atoms with Crippen LogP contribution in [0.15, 0.2) is 0 Å². The number of hydrogen-bond donors (Lipinski definition) is 20. The zero-order chi connectivity index (χ0) is 76.6. The van der Waals surface area contributed by atoms with Gasteiger partial charge in [0.05, 0.1) is 39.0 Å². The van der Waals surface area contributed by atoms with Crippen molar-refractivity contribution in [1.82, 2.24) is 74.0 Å². The number of carbonyl (C=O) groups excluding carboxylic acids is 14. The number of likely N-dealkylation sites (tertiary alicyclic amines) is 1. The lowest BCUT2D eigenvalue weighted by atomic mass is 9.96. The lowest BCUT2D eigenvalue weighted by Gasteiger charge is -2.32. The molecule has 0 aromatic carbocycles. The van der Waals surface area contributed by atoms with Crippen molar-refractivity contribution >= 4 is 101 Å². The van der Waals surface area contributed by atoms with Gasteiger partial charge in [-0.2, -0.15) is 0 Å². The van der Waals surface area contributed by atoms with E-state index in [2.05, 4.69) is 69.1 Å². The molecule has 0 unspecified atom stereocenters. The quantitative estimate of drug-likeness (QED) is 0.0269. The fraction of sp³-hybridized carbons (Fsp3) is 0.726. The number of nitrogens with zero attached hydrogens (tertiary/aromatic N) is 1. The molecule has 100 heavy (non-hydrogen) atoms. The van der Waals surface area contributed by atoms with Gasteiger partial charge in [-0.25, -0.2) is 4.79 Å². The lowest BCUT2D eigenvalue weighted by Crippen LogP contribution is -2.61. The number of nitrogens with one attached hydrogen (secondary N) is 13. The number of carboxylic acid groups (broad SMARTS) is 3. The second-order valence-corrected chi connectivity index (χ2v) is 25.7. The molecule has 0 aliphatic carbocycles. The van der Waals surface area contributed by atoms with Gasteiger partial charge >= 0.3 is 17.9 Å². The number of aliphatic hydroxyl groups excluding tert-OH is 3. The summed E-state index contributed by atoms with van der Waals surface area (Å²) in [6.07, 6.45) is -2.02. The first-order chi connectivity index (χ1) is 46.7. The maximum atomic E-state index is 14.1. The van der Waals surface area contributed by atoms with E-state index in [0.717, 1.165) is 0 Å². The highest BCUT2D eigenvalue weighted by Crippen LogP contribution is 2.22. The topological polar surface area (TPSA) is 597 Å². The van der Waals surface area contributed by atoms with Crippen LogP contribution in [0.4, 0.5) is 0 Å². The molecular formula is C62H105N15O23. The molecule has 566 valence electrons. The first-order valence-corrected chi connectivity index (χ1v) is 33.1. The van der Waals surface area contributed by atoms with Gasteiger partial charge in [0.25, 0.3) is 0 Å². The number of nitrogens with two attached hydrogens (primary N) is 1. The summed E-state index contributed by atoms with van der Waals surface area (Å²) in [6.45, 7) is 14.2. The van der Waals surface area contributed by atoms with Crippen LogP contribution >= 0.6 is 0 Å². The Morgan fingerprint density at radius 2 is 0.840 bits per heavy atom. The average Bonchev–Trinajstić information content (AvgIpc) is 1.61. The number of aliphatic hydroxyl groups is 3. The Balaban J connectivity index is 3.30. The molecule has 1 heterocycles. The van der Waals surface area contributed by atoms with E-state index >= 15 is 0 Å². The fourth-order valence-electron chi connectivity index (χ4n) is 9.85. The summed E-state index contributed by atoms with van der Waals surface area (Å²) in [4.78, 5) is 225. The number of carboxylic acids is 3. The molecule has 0 spiro atoms. The van der Waals surface area contributed by atoms with E-state index in [0.29, 0.717) is 12.8 Å². The monoisotopic (exact) mass is 1430 g/mol. The Bertz CT molecular complexity index is 2880. The van der Waals surface area contributed by atoms with Crippen molar-refractivity contribution < 1.29 is 112 Å². The van der Waals surface area contributed by atoms with Gasteiger partial charge in [-0.05, 0) is 75.5 Å². The van der Waals surface area contributed by atoms with Crippen LogP contribution in [0.25, 0.3) is 0 Å². The zero-order valence-corrected chi connectivity index (χ0v) is 58.6. The Labute approximate surface area is 579 Å². The van der Waals surface area contributed by atoms with Crippen LogP contribution in [0.2, 0.25) is 0 Å². The number of rotatable bonds is 45. The second-order valence-electron chi connectivity index (χ2n) is 25.7. The third-order valence-electron chi connectivity index (χ3n) is 16.3. The Kier molecular flexibility index (Phi) is 39.1. The second kappa shape index (κ2) is 44.1. The third kappa shape index (κ3) is 30.1. The molecule has 1 aliphatic rings. The van der Waals surface area contributed by atoms with Crippen molar-refractivity contribution in [3.8, 4) is 0 Å². The third-order valence-corrected chi connectivity index (χ3v) is 16.3. The summed E-state index contributed by atoms with van der Waals surface area (Å²) >= 11 is 0. The van der Waals surface area contributed by atoms with Crippen LogP contribution in [0, 0.1) is 29.6 Å².